The van der Waals surface area contributed by atoms with E-state index in [1.165, 1.54) is 11.3 Å². The molecule has 0 aliphatic heterocycles. The normalized spacial score (nSPS) is 9.75. The van der Waals surface area contributed by atoms with Gasteiger partial charge in [0, 0.05) is 10.9 Å². The Morgan fingerprint density at radius 1 is 1.75 bits per heavy atom. The maximum atomic E-state index is 11.4. The van der Waals surface area contributed by atoms with E-state index in [-0.39, 0.29) is 5.78 Å². The summed E-state index contributed by atoms with van der Waals surface area (Å²) in [7, 11) is 0. The predicted molar refractivity (Wildman–Crippen MR) is 55.8 cm³/mol. The Labute approximate surface area is 84.2 Å². The average molecular weight is 245 g/mol. The number of Topliss-reactive ketones (excluding diaryl/α,β-unsaturated/α-hetero) is 1. The summed E-state index contributed by atoms with van der Waals surface area (Å²) in [6.45, 7) is 3.58. The molecule has 0 spiro atoms. The Morgan fingerprint density at radius 2 is 2.50 bits per heavy atom. The van der Waals surface area contributed by atoms with Crippen molar-refractivity contribution in [3.05, 3.63) is 33.5 Å². The third-order valence-electron chi connectivity index (χ3n) is 1.45. The second-order valence-corrected chi connectivity index (χ2v) is 4.12. The summed E-state index contributed by atoms with van der Waals surface area (Å²) >= 11 is 4.80. The molecular weight excluding hydrogens is 236 g/mol. The fraction of sp³-hybridized carbons (Fsp3) is 0.222. The van der Waals surface area contributed by atoms with Gasteiger partial charge in [-0.2, -0.15) is 0 Å². The molecule has 1 aromatic heterocycles. The highest BCUT2D eigenvalue weighted by Gasteiger charge is 2.09. The first-order chi connectivity index (χ1) is 5.75. The Balaban J connectivity index is 2.65. The Hall–Kier alpha value is -0.410. The van der Waals surface area contributed by atoms with Gasteiger partial charge in [0.25, 0.3) is 0 Å². The van der Waals surface area contributed by atoms with E-state index < -0.39 is 0 Å². The van der Waals surface area contributed by atoms with Gasteiger partial charge in [-0.25, -0.2) is 0 Å². The van der Waals surface area contributed by atoms with Crippen molar-refractivity contribution in [2.24, 2.45) is 0 Å². The van der Waals surface area contributed by atoms with Crippen LogP contribution in [0.5, 0.6) is 0 Å². The first kappa shape index (κ1) is 9.68. The summed E-state index contributed by atoms with van der Waals surface area (Å²) in [6, 6.07) is 1.89. The van der Waals surface area contributed by atoms with Crippen LogP contribution in [0.1, 0.15) is 22.5 Å². The second-order valence-electron chi connectivity index (χ2n) is 2.35. The van der Waals surface area contributed by atoms with E-state index in [1.807, 2.05) is 11.4 Å². The zero-order chi connectivity index (χ0) is 8.97. The van der Waals surface area contributed by atoms with Crippen molar-refractivity contribution >= 4 is 33.0 Å². The molecule has 0 amide bonds. The van der Waals surface area contributed by atoms with Crippen LogP contribution < -0.4 is 0 Å². The van der Waals surface area contributed by atoms with Crippen molar-refractivity contribution in [1.82, 2.24) is 0 Å². The number of carbonyl (C=O) groups is 1. The van der Waals surface area contributed by atoms with Crippen molar-refractivity contribution in [1.29, 1.82) is 0 Å². The smallest absolute Gasteiger partial charge is 0.174 e. The summed E-state index contributed by atoms with van der Waals surface area (Å²) < 4.78 is 0.904. The van der Waals surface area contributed by atoms with Crippen LogP contribution in [0.2, 0.25) is 0 Å². The van der Waals surface area contributed by atoms with E-state index in [0.29, 0.717) is 6.42 Å². The SMILES string of the molecule is C=CCCC(=O)c1sccc1Br. The van der Waals surface area contributed by atoms with Gasteiger partial charge in [0.05, 0.1) is 4.88 Å². The van der Waals surface area contributed by atoms with Crippen LogP contribution in [0, 0.1) is 0 Å². The van der Waals surface area contributed by atoms with E-state index >= 15 is 0 Å². The van der Waals surface area contributed by atoms with Crippen molar-refractivity contribution in [3.8, 4) is 0 Å². The monoisotopic (exact) mass is 244 g/mol. The summed E-state index contributed by atoms with van der Waals surface area (Å²) in [4.78, 5) is 12.2. The first-order valence-electron chi connectivity index (χ1n) is 3.62. The number of ketones is 1. The summed E-state index contributed by atoms with van der Waals surface area (Å²) in [5.41, 5.74) is 0. The number of carbonyl (C=O) groups excluding carboxylic acids is 1. The summed E-state index contributed by atoms with van der Waals surface area (Å²) in [6.07, 6.45) is 3.07. The molecule has 0 saturated carbocycles. The van der Waals surface area contributed by atoms with Crippen LogP contribution in [-0.2, 0) is 0 Å². The minimum atomic E-state index is 0.191. The Kier molecular flexibility index (Phi) is 3.69. The van der Waals surface area contributed by atoms with Crippen LogP contribution in [-0.4, -0.2) is 5.78 Å². The first-order valence-corrected chi connectivity index (χ1v) is 5.30. The van der Waals surface area contributed by atoms with Crippen molar-refractivity contribution in [2.45, 2.75) is 12.8 Å². The van der Waals surface area contributed by atoms with Gasteiger partial charge in [-0.1, -0.05) is 6.08 Å². The van der Waals surface area contributed by atoms with Gasteiger partial charge in [-0.3, -0.25) is 4.79 Å². The molecule has 1 heterocycles. The van der Waals surface area contributed by atoms with Crippen molar-refractivity contribution in [2.75, 3.05) is 0 Å². The van der Waals surface area contributed by atoms with E-state index in [2.05, 4.69) is 22.5 Å². The lowest BCUT2D eigenvalue weighted by Gasteiger charge is -1.94. The highest BCUT2D eigenvalue weighted by atomic mass is 79.9. The molecular formula is C9H9BrOS. The van der Waals surface area contributed by atoms with Crippen molar-refractivity contribution < 1.29 is 4.79 Å². The lowest BCUT2D eigenvalue weighted by atomic mass is 10.2. The van der Waals surface area contributed by atoms with Gasteiger partial charge in [0.2, 0.25) is 0 Å². The van der Waals surface area contributed by atoms with Gasteiger partial charge in [-0.05, 0) is 33.8 Å². The Bertz CT molecular complexity index is 290. The van der Waals surface area contributed by atoms with Gasteiger partial charge >= 0.3 is 0 Å². The molecule has 0 atom stereocenters. The lowest BCUT2D eigenvalue weighted by molar-refractivity contribution is 0.0987. The standard InChI is InChI=1S/C9H9BrOS/c1-2-3-4-8(11)9-7(10)5-6-12-9/h2,5-6H,1,3-4H2. The third kappa shape index (κ3) is 2.29. The van der Waals surface area contributed by atoms with Crippen LogP contribution in [0.4, 0.5) is 0 Å². The lowest BCUT2D eigenvalue weighted by Crippen LogP contribution is -1.94. The van der Waals surface area contributed by atoms with Crippen LogP contribution in [0.25, 0.3) is 0 Å². The van der Waals surface area contributed by atoms with Crippen molar-refractivity contribution in [3.63, 3.8) is 0 Å². The van der Waals surface area contributed by atoms with Crippen LogP contribution in [0.15, 0.2) is 28.6 Å². The fourth-order valence-corrected chi connectivity index (χ4v) is 2.40. The summed E-state index contributed by atoms with van der Waals surface area (Å²) in [5.74, 6) is 0.191. The molecule has 1 rings (SSSR count). The van der Waals surface area contributed by atoms with E-state index in [4.69, 9.17) is 0 Å². The highest BCUT2D eigenvalue weighted by Crippen LogP contribution is 2.24. The number of allylic oxidation sites excluding steroid dienone is 1. The molecule has 0 N–H and O–H groups in total. The Morgan fingerprint density at radius 3 is 3.00 bits per heavy atom. The minimum absolute atomic E-state index is 0.191. The topological polar surface area (TPSA) is 17.1 Å². The predicted octanol–water partition coefficient (Wildman–Crippen LogP) is 3.66. The molecule has 1 aromatic rings. The number of hydrogen-bond donors (Lipinski definition) is 0. The van der Waals surface area contributed by atoms with E-state index in [1.54, 1.807) is 6.08 Å². The fourth-order valence-electron chi connectivity index (χ4n) is 0.839. The minimum Gasteiger partial charge on any atom is -0.293 e. The number of thiophene rings is 1. The average Bonchev–Trinajstić information content (AvgIpc) is 2.47. The molecule has 64 valence electrons. The zero-order valence-corrected chi connectivity index (χ0v) is 8.95. The number of hydrogen-bond acceptors (Lipinski definition) is 2. The highest BCUT2D eigenvalue weighted by molar-refractivity contribution is 9.10. The molecule has 0 aliphatic carbocycles. The van der Waals surface area contributed by atoms with Crippen LogP contribution >= 0.6 is 27.3 Å². The molecule has 0 fully saturated rings. The zero-order valence-electron chi connectivity index (χ0n) is 6.55. The van der Waals surface area contributed by atoms with Gasteiger partial charge < -0.3 is 0 Å². The van der Waals surface area contributed by atoms with Gasteiger partial charge in [0.15, 0.2) is 5.78 Å². The largest absolute Gasteiger partial charge is 0.293 e. The maximum absolute atomic E-state index is 11.4. The second kappa shape index (κ2) is 4.58. The molecule has 0 aliphatic rings. The molecule has 1 nitrogen and oxygen atoms in total. The van der Waals surface area contributed by atoms with E-state index in [0.717, 1.165) is 15.8 Å². The molecule has 12 heavy (non-hydrogen) atoms. The van der Waals surface area contributed by atoms with Crippen LogP contribution in [0.3, 0.4) is 0 Å². The molecule has 0 saturated heterocycles. The molecule has 0 bridgehead atoms. The van der Waals surface area contributed by atoms with Gasteiger partial charge in [-0.15, -0.1) is 17.9 Å². The number of rotatable bonds is 4. The van der Waals surface area contributed by atoms with Gasteiger partial charge in [0.1, 0.15) is 0 Å². The molecule has 0 unspecified atom stereocenters. The molecule has 0 radical (unpaired) electrons. The molecule has 3 heteroatoms. The maximum Gasteiger partial charge on any atom is 0.174 e. The quantitative estimate of drug-likeness (QED) is 0.584. The molecule has 0 aromatic carbocycles. The summed E-state index contributed by atoms with van der Waals surface area (Å²) in [5, 5.41) is 1.91. The number of halogens is 1. The van der Waals surface area contributed by atoms with E-state index in [9.17, 15) is 4.79 Å². The third-order valence-corrected chi connectivity index (χ3v) is 3.32.